The van der Waals surface area contributed by atoms with Gasteiger partial charge in [0.25, 0.3) is 5.91 Å². The third kappa shape index (κ3) is 4.45. The first-order chi connectivity index (χ1) is 12.0. The van der Waals surface area contributed by atoms with Gasteiger partial charge in [0.05, 0.1) is 11.4 Å². The molecule has 1 aliphatic heterocycles. The molecule has 2 heterocycles. The maximum Gasteiger partial charge on any atom is 0.253 e. The van der Waals surface area contributed by atoms with Crippen molar-refractivity contribution in [3.8, 4) is 0 Å². The molecule has 0 aliphatic carbocycles. The highest BCUT2D eigenvalue weighted by Crippen LogP contribution is 2.20. The Bertz CT molecular complexity index is 797. The SMILES string of the molecule is C=C(N=C[C@H]1CCCN(C(=O)c2ccc(F)cc2)C1)c1cc(Br)c[nH]1. The Kier molecular flexibility index (Phi) is 5.48. The van der Waals surface area contributed by atoms with Crippen LogP contribution in [0, 0.1) is 11.7 Å². The number of likely N-dealkylation sites (tertiary alicyclic amines) is 1. The van der Waals surface area contributed by atoms with Crippen molar-refractivity contribution in [3.05, 3.63) is 64.7 Å². The minimum absolute atomic E-state index is 0.0646. The van der Waals surface area contributed by atoms with Crippen molar-refractivity contribution < 1.29 is 9.18 Å². The molecule has 4 nitrogen and oxygen atoms in total. The molecule has 1 aromatic carbocycles. The first-order valence-electron chi connectivity index (χ1n) is 8.15. The number of carbonyl (C=O) groups excluding carboxylic acids is 1. The Morgan fingerprint density at radius 1 is 1.40 bits per heavy atom. The normalized spacial score (nSPS) is 17.8. The highest BCUT2D eigenvalue weighted by molar-refractivity contribution is 9.10. The second-order valence-electron chi connectivity index (χ2n) is 6.12. The number of H-pyrrole nitrogens is 1. The molecule has 1 saturated heterocycles. The zero-order valence-corrected chi connectivity index (χ0v) is 15.3. The van der Waals surface area contributed by atoms with E-state index in [4.69, 9.17) is 0 Å². The topological polar surface area (TPSA) is 48.5 Å². The van der Waals surface area contributed by atoms with Crippen LogP contribution in [0.3, 0.4) is 0 Å². The second-order valence-corrected chi connectivity index (χ2v) is 7.03. The number of halogens is 2. The third-order valence-corrected chi connectivity index (χ3v) is 4.69. The number of hydrogen-bond donors (Lipinski definition) is 1. The number of carbonyl (C=O) groups is 1. The molecule has 25 heavy (non-hydrogen) atoms. The lowest BCUT2D eigenvalue weighted by Crippen LogP contribution is -2.40. The number of nitrogens with zero attached hydrogens (tertiary/aromatic N) is 2. The summed E-state index contributed by atoms with van der Waals surface area (Å²) in [6.07, 6.45) is 5.61. The summed E-state index contributed by atoms with van der Waals surface area (Å²) in [6.45, 7) is 5.29. The number of amides is 1. The summed E-state index contributed by atoms with van der Waals surface area (Å²) in [7, 11) is 0. The predicted octanol–water partition coefficient (Wildman–Crippen LogP) is 4.51. The van der Waals surface area contributed by atoms with E-state index < -0.39 is 0 Å². The van der Waals surface area contributed by atoms with Gasteiger partial charge < -0.3 is 9.88 Å². The van der Waals surface area contributed by atoms with Crippen LogP contribution in [0.4, 0.5) is 4.39 Å². The largest absolute Gasteiger partial charge is 0.359 e. The van der Waals surface area contributed by atoms with Gasteiger partial charge in [0, 0.05) is 41.5 Å². The smallest absolute Gasteiger partial charge is 0.253 e. The minimum atomic E-state index is -0.338. The van der Waals surface area contributed by atoms with Crippen LogP contribution < -0.4 is 0 Å². The molecule has 1 fully saturated rings. The van der Waals surface area contributed by atoms with E-state index in [2.05, 4.69) is 32.5 Å². The van der Waals surface area contributed by atoms with Crippen LogP contribution in [0.15, 0.2) is 52.6 Å². The molecule has 0 saturated carbocycles. The van der Waals surface area contributed by atoms with Crippen LogP contribution in [-0.4, -0.2) is 35.1 Å². The Morgan fingerprint density at radius 3 is 2.84 bits per heavy atom. The molecule has 1 aliphatic rings. The number of aromatic nitrogens is 1. The molecule has 3 rings (SSSR count). The zero-order chi connectivity index (χ0) is 17.8. The van der Waals surface area contributed by atoms with Gasteiger partial charge in [-0.2, -0.15) is 0 Å². The number of benzene rings is 1. The zero-order valence-electron chi connectivity index (χ0n) is 13.7. The van der Waals surface area contributed by atoms with E-state index in [1.165, 1.54) is 24.3 Å². The summed E-state index contributed by atoms with van der Waals surface area (Å²) in [5, 5.41) is 0. The van der Waals surface area contributed by atoms with Gasteiger partial charge in [-0.1, -0.05) is 6.58 Å². The number of aliphatic imine (C=N–C) groups is 1. The minimum Gasteiger partial charge on any atom is -0.359 e. The van der Waals surface area contributed by atoms with Crippen LogP contribution in [0.25, 0.3) is 5.70 Å². The number of aromatic amines is 1. The number of nitrogens with one attached hydrogen (secondary N) is 1. The molecule has 1 N–H and O–H groups in total. The maximum absolute atomic E-state index is 13.0. The summed E-state index contributed by atoms with van der Waals surface area (Å²) in [6, 6.07) is 7.61. The maximum atomic E-state index is 13.0. The van der Waals surface area contributed by atoms with Gasteiger partial charge in [-0.05, 0) is 59.1 Å². The number of hydrogen-bond acceptors (Lipinski definition) is 2. The van der Waals surface area contributed by atoms with Crippen LogP contribution in [0.2, 0.25) is 0 Å². The molecule has 0 bridgehead atoms. The monoisotopic (exact) mass is 403 g/mol. The van der Waals surface area contributed by atoms with Crippen LogP contribution in [0.5, 0.6) is 0 Å². The Morgan fingerprint density at radius 2 is 2.16 bits per heavy atom. The fraction of sp³-hybridized carbons (Fsp3) is 0.263. The van der Waals surface area contributed by atoms with E-state index in [0.29, 0.717) is 24.4 Å². The molecule has 1 amide bonds. The molecule has 2 aromatic rings. The lowest BCUT2D eigenvalue weighted by atomic mass is 9.98. The van der Waals surface area contributed by atoms with Crippen molar-refractivity contribution in [1.29, 1.82) is 0 Å². The quantitative estimate of drug-likeness (QED) is 0.749. The summed E-state index contributed by atoms with van der Waals surface area (Å²) < 4.78 is 14.0. The van der Waals surface area contributed by atoms with E-state index in [1.54, 1.807) is 4.90 Å². The van der Waals surface area contributed by atoms with E-state index >= 15 is 0 Å². The van der Waals surface area contributed by atoms with E-state index in [0.717, 1.165) is 23.0 Å². The van der Waals surface area contributed by atoms with Gasteiger partial charge in [0.15, 0.2) is 0 Å². The van der Waals surface area contributed by atoms with Gasteiger partial charge in [0.1, 0.15) is 5.82 Å². The van der Waals surface area contributed by atoms with E-state index in [9.17, 15) is 9.18 Å². The molecule has 130 valence electrons. The molecule has 0 spiro atoms. The van der Waals surface area contributed by atoms with E-state index in [-0.39, 0.29) is 17.6 Å². The Balaban J connectivity index is 1.62. The molecule has 0 unspecified atom stereocenters. The van der Waals surface area contributed by atoms with Gasteiger partial charge in [0.2, 0.25) is 0 Å². The number of piperidine rings is 1. The molecular formula is C19H19BrFN3O. The first kappa shape index (κ1) is 17.6. The predicted molar refractivity (Wildman–Crippen MR) is 101 cm³/mol. The summed E-state index contributed by atoms with van der Waals surface area (Å²) in [4.78, 5) is 21.9. The standard InChI is InChI=1S/C19H19BrFN3O/c1-13(18-9-16(20)11-23-18)22-10-14-3-2-8-24(12-14)19(25)15-4-6-17(21)7-5-15/h4-7,9-11,14,23H,1-3,8,12H2/t14-/m1/s1. The summed E-state index contributed by atoms with van der Waals surface area (Å²) >= 11 is 3.39. The van der Waals surface area contributed by atoms with Crippen molar-refractivity contribution in [3.63, 3.8) is 0 Å². The molecule has 0 radical (unpaired) electrons. The molecular weight excluding hydrogens is 385 g/mol. The molecule has 1 atom stereocenters. The van der Waals surface area contributed by atoms with Gasteiger partial charge in [-0.3, -0.25) is 9.79 Å². The lowest BCUT2D eigenvalue weighted by Gasteiger charge is -2.31. The first-order valence-corrected chi connectivity index (χ1v) is 8.94. The Labute approximate surface area is 154 Å². The average Bonchev–Trinajstić information content (AvgIpc) is 3.06. The Hall–Kier alpha value is -2.21. The average molecular weight is 404 g/mol. The second kappa shape index (κ2) is 7.78. The van der Waals surface area contributed by atoms with Crippen molar-refractivity contribution in [1.82, 2.24) is 9.88 Å². The lowest BCUT2D eigenvalue weighted by molar-refractivity contribution is 0.0704. The van der Waals surface area contributed by atoms with Crippen LogP contribution in [-0.2, 0) is 0 Å². The fourth-order valence-electron chi connectivity index (χ4n) is 2.89. The number of rotatable bonds is 4. The van der Waals surface area contributed by atoms with Crippen molar-refractivity contribution in [2.75, 3.05) is 13.1 Å². The highest BCUT2D eigenvalue weighted by atomic mass is 79.9. The van der Waals surface area contributed by atoms with Crippen LogP contribution >= 0.6 is 15.9 Å². The highest BCUT2D eigenvalue weighted by Gasteiger charge is 2.23. The van der Waals surface area contributed by atoms with Crippen LogP contribution in [0.1, 0.15) is 28.9 Å². The van der Waals surface area contributed by atoms with E-state index in [1.807, 2.05) is 18.5 Å². The molecule has 1 aromatic heterocycles. The van der Waals surface area contributed by atoms with Gasteiger partial charge in [-0.25, -0.2) is 4.39 Å². The van der Waals surface area contributed by atoms with Gasteiger partial charge in [-0.15, -0.1) is 0 Å². The van der Waals surface area contributed by atoms with Crippen molar-refractivity contribution in [2.45, 2.75) is 12.8 Å². The third-order valence-electron chi connectivity index (χ3n) is 4.24. The summed E-state index contributed by atoms with van der Waals surface area (Å²) in [5.41, 5.74) is 2.03. The van der Waals surface area contributed by atoms with Crippen molar-refractivity contribution >= 4 is 33.7 Å². The van der Waals surface area contributed by atoms with Crippen molar-refractivity contribution in [2.24, 2.45) is 10.9 Å². The molecule has 6 heteroatoms. The summed E-state index contributed by atoms with van der Waals surface area (Å²) in [5.74, 6) is -0.215. The fourth-order valence-corrected chi connectivity index (χ4v) is 3.23. The van der Waals surface area contributed by atoms with Gasteiger partial charge >= 0.3 is 0 Å².